The van der Waals surface area contributed by atoms with Crippen LogP contribution in [-0.2, 0) is 0 Å². The number of carbonyl (C=O) groups excluding carboxylic acids is 1. The van der Waals surface area contributed by atoms with Crippen LogP contribution in [0.2, 0.25) is 0 Å². The predicted octanol–water partition coefficient (Wildman–Crippen LogP) is 2.58. The van der Waals surface area contributed by atoms with E-state index in [0.717, 1.165) is 37.2 Å². The lowest BCUT2D eigenvalue weighted by Gasteiger charge is -2.33. The molecule has 31 heavy (non-hydrogen) atoms. The summed E-state index contributed by atoms with van der Waals surface area (Å²) in [6, 6.07) is 5.25. The minimum absolute atomic E-state index is 0.0377. The molecule has 0 radical (unpaired) electrons. The van der Waals surface area contributed by atoms with E-state index in [1.165, 1.54) is 18.5 Å². The van der Waals surface area contributed by atoms with Crippen LogP contribution >= 0.6 is 0 Å². The number of amides is 1. The number of nitrogens with two attached hydrogens (primary N) is 2. The van der Waals surface area contributed by atoms with Crippen LogP contribution in [0.15, 0.2) is 42.9 Å². The molecule has 1 saturated heterocycles. The van der Waals surface area contributed by atoms with Gasteiger partial charge >= 0.3 is 0 Å². The summed E-state index contributed by atoms with van der Waals surface area (Å²) in [4.78, 5) is 26.9. The van der Waals surface area contributed by atoms with Crippen LogP contribution in [0.5, 0.6) is 0 Å². The van der Waals surface area contributed by atoms with Gasteiger partial charge in [0.2, 0.25) is 0 Å². The smallest absolute Gasteiger partial charge is 0.276 e. The lowest BCUT2D eigenvalue weighted by molar-refractivity contribution is 0.102. The Morgan fingerprint density at radius 2 is 2.03 bits per heavy atom. The molecular formula is C21H21F2N7O. The molecule has 0 saturated carbocycles. The van der Waals surface area contributed by atoms with E-state index >= 15 is 0 Å². The SMILES string of the molecule is Nc1cc(F)c(-c2ncccc2F)nc1C(=O)Nc1cnccc1N1CCCC(N)C1. The average Bonchev–Trinajstić information content (AvgIpc) is 2.75. The number of nitrogens with zero attached hydrogens (tertiary/aromatic N) is 4. The lowest BCUT2D eigenvalue weighted by Crippen LogP contribution is -2.43. The Kier molecular flexibility index (Phi) is 5.72. The zero-order chi connectivity index (χ0) is 22.0. The molecular weight excluding hydrogens is 404 g/mol. The number of nitrogen functional groups attached to an aromatic ring is 1. The van der Waals surface area contributed by atoms with Crippen molar-refractivity contribution in [1.29, 1.82) is 0 Å². The van der Waals surface area contributed by atoms with Gasteiger partial charge in [-0.05, 0) is 31.0 Å². The normalized spacial score (nSPS) is 16.2. The molecule has 1 atom stereocenters. The van der Waals surface area contributed by atoms with Crippen LogP contribution in [0.25, 0.3) is 11.4 Å². The highest BCUT2D eigenvalue weighted by molar-refractivity contribution is 6.07. The van der Waals surface area contributed by atoms with E-state index < -0.39 is 23.2 Å². The van der Waals surface area contributed by atoms with Gasteiger partial charge in [-0.3, -0.25) is 14.8 Å². The first kappa shape index (κ1) is 20.6. The van der Waals surface area contributed by atoms with Gasteiger partial charge < -0.3 is 21.7 Å². The average molecular weight is 425 g/mol. The summed E-state index contributed by atoms with van der Waals surface area (Å²) in [6.07, 6.45) is 6.30. The second kappa shape index (κ2) is 8.60. The number of carbonyl (C=O) groups is 1. The van der Waals surface area contributed by atoms with Crippen LogP contribution in [-0.4, -0.2) is 40.0 Å². The van der Waals surface area contributed by atoms with E-state index in [-0.39, 0.29) is 23.1 Å². The topological polar surface area (TPSA) is 123 Å². The number of piperidine rings is 1. The molecule has 1 amide bonds. The fourth-order valence-corrected chi connectivity index (χ4v) is 3.58. The van der Waals surface area contributed by atoms with Crippen LogP contribution in [0.3, 0.4) is 0 Å². The van der Waals surface area contributed by atoms with Crippen molar-refractivity contribution >= 4 is 23.0 Å². The Morgan fingerprint density at radius 3 is 2.81 bits per heavy atom. The zero-order valence-corrected chi connectivity index (χ0v) is 16.6. The summed E-state index contributed by atoms with van der Waals surface area (Å²) < 4.78 is 28.5. The Bertz CT molecular complexity index is 1120. The molecule has 1 fully saturated rings. The summed E-state index contributed by atoms with van der Waals surface area (Å²) in [5.41, 5.74) is 12.0. The standard InChI is InChI=1S/C21H21F2N7O/c22-13-4-1-6-27-18(13)19-14(23)9-15(25)20(29-19)21(31)28-16-10-26-7-5-17(16)30-8-2-3-12(24)11-30/h1,4-7,9-10,12H,2-3,8,11,24-25H2,(H,28,31). The van der Waals surface area contributed by atoms with Gasteiger partial charge in [0.05, 0.1) is 23.3 Å². The van der Waals surface area contributed by atoms with Gasteiger partial charge in [0.1, 0.15) is 11.4 Å². The number of pyridine rings is 3. The maximum absolute atomic E-state index is 14.4. The number of rotatable bonds is 4. The van der Waals surface area contributed by atoms with Gasteiger partial charge in [-0.2, -0.15) is 0 Å². The highest BCUT2D eigenvalue weighted by atomic mass is 19.1. The van der Waals surface area contributed by atoms with E-state index in [4.69, 9.17) is 11.5 Å². The molecule has 4 rings (SSSR count). The number of anilines is 3. The molecule has 0 aliphatic carbocycles. The Morgan fingerprint density at radius 1 is 1.19 bits per heavy atom. The van der Waals surface area contributed by atoms with E-state index in [1.54, 1.807) is 12.3 Å². The van der Waals surface area contributed by atoms with Crippen molar-refractivity contribution in [3.8, 4) is 11.4 Å². The van der Waals surface area contributed by atoms with Gasteiger partial charge in [-0.25, -0.2) is 13.8 Å². The summed E-state index contributed by atoms with van der Waals surface area (Å²) in [5.74, 6) is -2.32. The van der Waals surface area contributed by atoms with Crippen molar-refractivity contribution < 1.29 is 13.6 Å². The number of hydrogen-bond donors (Lipinski definition) is 3. The highest BCUT2D eigenvalue weighted by Gasteiger charge is 2.23. The molecule has 4 heterocycles. The molecule has 3 aromatic heterocycles. The minimum Gasteiger partial charge on any atom is -0.397 e. The van der Waals surface area contributed by atoms with Gasteiger partial charge in [-0.15, -0.1) is 0 Å². The number of halogens is 2. The maximum Gasteiger partial charge on any atom is 0.276 e. The first-order valence-electron chi connectivity index (χ1n) is 9.77. The van der Waals surface area contributed by atoms with Crippen molar-refractivity contribution in [2.45, 2.75) is 18.9 Å². The third-order valence-electron chi connectivity index (χ3n) is 5.05. The number of aromatic nitrogens is 3. The first-order chi connectivity index (χ1) is 14.9. The summed E-state index contributed by atoms with van der Waals surface area (Å²) in [7, 11) is 0. The van der Waals surface area contributed by atoms with Crippen molar-refractivity contribution in [3.63, 3.8) is 0 Å². The monoisotopic (exact) mass is 425 g/mol. The van der Waals surface area contributed by atoms with Crippen LogP contribution < -0.4 is 21.7 Å². The second-order valence-electron chi connectivity index (χ2n) is 7.29. The molecule has 0 spiro atoms. The Labute approximate surface area is 177 Å². The molecule has 3 aromatic rings. The Hall–Kier alpha value is -3.66. The molecule has 1 unspecified atom stereocenters. The van der Waals surface area contributed by atoms with Crippen LogP contribution in [0, 0.1) is 11.6 Å². The minimum atomic E-state index is -0.879. The van der Waals surface area contributed by atoms with E-state index in [9.17, 15) is 13.6 Å². The molecule has 0 aromatic carbocycles. The number of nitrogens with one attached hydrogen (secondary N) is 1. The van der Waals surface area contributed by atoms with Crippen LogP contribution in [0.1, 0.15) is 23.3 Å². The van der Waals surface area contributed by atoms with E-state index in [1.807, 2.05) is 0 Å². The third-order valence-corrected chi connectivity index (χ3v) is 5.05. The van der Waals surface area contributed by atoms with Crippen molar-refractivity contribution in [3.05, 3.63) is 60.2 Å². The molecule has 1 aliphatic heterocycles. The Balaban J connectivity index is 1.66. The van der Waals surface area contributed by atoms with Crippen LogP contribution in [0.4, 0.5) is 25.8 Å². The van der Waals surface area contributed by atoms with E-state index in [0.29, 0.717) is 12.2 Å². The van der Waals surface area contributed by atoms with E-state index in [2.05, 4.69) is 25.2 Å². The zero-order valence-electron chi connectivity index (χ0n) is 16.6. The van der Waals surface area contributed by atoms with Gasteiger partial charge in [-0.1, -0.05) is 0 Å². The second-order valence-corrected chi connectivity index (χ2v) is 7.29. The lowest BCUT2D eigenvalue weighted by atomic mass is 10.1. The highest BCUT2D eigenvalue weighted by Crippen LogP contribution is 2.29. The fraction of sp³-hybridized carbons (Fsp3) is 0.238. The summed E-state index contributed by atoms with van der Waals surface area (Å²) in [5, 5.41) is 2.73. The molecule has 1 aliphatic rings. The first-order valence-corrected chi connectivity index (χ1v) is 9.77. The number of hydrogen-bond acceptors (Lipinski definition) is 7. The molecule has 160 valence electrons. The van der Waals surface area contributed by atoms with Gasteiger partial charge in [0.15, 0.2) is 17.3 Å². The largest absolute Gasteiger partial charge is 0.397 e. The molecule has 8 nitrogen and oxygen atoms in total. The predicted molar refractivity (Wildman–Crippen MR) is 113 cm³/mol. The maximum atomic E-state index is 14.4. The molecule has 0 bridgehead atoms. The molecule has 10 heteroatoms. The summed E-state index contributed by atoms with van der Waals surface area (Å²) >= 11 is 0. The van der Waals surface area contributed by atoms with Crippen molar-refractivity contribution in [1.82, 2.24) is 15.0 Å². The van der Waals surface area contributed by atoms with Crippen molar-refractivity contribution in [2.24, 2.45) is 5.73 Å². The quantitative estimate of drug-likeness (QED) is 0.587. The van der Waals surface area contributed by atoms with Gasteiger partial charge in [0.25, 0.3) is 5.91 Å². The van der Waals surface area contributed by atoms with Crippen molar-refractivity contribution in [2.75, 3.05) is 29.0 Å². The summed E-state index contributed by atoms with van der Waals surface area (Å²) in [6.45, 7) is 1.44. The fourth-order valence-electron chi connectivity index (χ4n) is 3.58. The molecule has 5 N–H and O–H groups in total. The van der Waals surface area contributed by atoms with Gasteiger partial charge in [0, 0.05) is 37.6 Å². The third kappa shape index (κ3) is 4.29.